The highest BCUT2D eigenvalue weighted by Gasteiger charge is 2.31. The largest absolute Gasteiger partial charge is 0.507 e. The molecule has 5 rings (SSSR count). The lowest BCUT2D eigenvalue weighted by Crippen LogP contribution is -2.31. The predicted octanol–water partition coefficient (Wildman–Crippen LogP) is 8.15. The summed E-state index contributed by atoms with van der Waals surface area (Å²) >= 11 is 0. The van der Waals surface area contributed by atoms with Gasteiger partial charge in [0.25, 0.3) is 0 Å². The molecule has 0 aliphatic carbocycles. The Morgan fingerprint density at radius 1 is 0.822 bits per heavy atom. The zero-order valence-electron chi connectivity index (χ0n) is 24.9. The quantitative estimate of drug-likeness (QED) is 0.0895. The number of benzene rings is 5. The van der Waals surface area contributed by atoms with Crippen molar-refractivity contribution in [3.05, 3.63) is 139 Å². The number of hydrogen-bond acceptors (Lipinski definition) is 6. The number of aryl methyl sites for hydroxylation is 1. The van der Waals surface area contributed by atoms with E-state index >= 15 is 0 Å². The van der Waals surface area contributed by atoms with Crippen LogP contribution in [0.15, 0.2) is 127 Å². The molecule has 0 saturated carbocycles. The van der Waals surface area contributed by atoms with Gasteiger partial charge in [0, 0.05) is 16.6 Å². The molecule has 5 aromatic carbocycles. The third-order valence-electron chi connectivity index (χ3n) is 7.25. The summed E-state index contributed by atoms with van der Waals surface area (Å²) in [5.41, 5.74) is 9.28. The smallest absolute Gasteiger partial charge is 0.412 e. The molecule has 0 unspecified atom stereocenters. The van der Waals surface area contributed by atoms with E-state index in [1.165, 1.54) is 6.08 Å². The minimum absolute atomic E-state index is 0.116. The Hall–Kier alpha value is -5.76. The van der Waals surface area contributed by atoms with Crippen LogP contribution in [0.3, 0.4) is 0 Å². The van der Waals surface area contributed by atoms with Gasteiger partial charge in [-0.2, -0.15) is 0 Å². The third-order valence-corrected chi connectivity index (χ3v) is 7.25. The third kappa shape index (κ3) is 8.20. The highest BCUT2D eigenvalue weighted by molar-refractivity contribution is 6.01. The van der Waals surface area contributed by atoms with Crippen LogP contribution in [0.2, 0.25) is 0 Å². The fourth-order valence-corrected chi connectivity index (χ4v) is 4.98. The maximum absolute atomic E-state index is 13.3. The van der Waals surface area contributed by atoms with Crippen LogP contribution in [0.5, 0.6) is 11.5 Å². The van der Waals surface area contributed by atoms with Gasteiger partial charge in [0.1, 0.15) is 17.6 Å². The number of hydrogen-bond donors (Lipinski definition) is 4. The zero-order valence-corrected chi connectivity index (χ0v) is 24.9. The fraction of sp³-hybridized carbons (Fsp3) is 0.135. The van der Waals surface area contributed by atoms with E-state index in [2.05, 4.69) is 10.6 Å². The Bertz CT molecular complexity index is 1790. The van der Waals surface area contributed by atoms with Crippen molar-refractivity contribution in [2.75, 3.05) is 16.4 Å². The summed E-state index contributed by atoms with van der Waals surface area (Å²) in [7, 11) is 0. The van der Waals surface area contributed by atoms with Gasteiger partial charge < -0.3 is 25.6 Å². The molecule has 2 amide bonds. The van der Waals surface area contributed by atoms with Crippen LogP contribution in [-0.2, 0) is 9.53 Å². The van der Waals surface area contributed by atoms with Gasteiger partial charge in [-0.25, -0.2) is 4.79 Å². The Morgan fingerprint density at radius 3 is 2.27 bits per heavy atom. The molecule has 0 heterocycles. The van der Waals surface area contributed by atoms with E-state index in [0.717, 1.165) is 10.9 Å². The number of carbonyl (C=O) groups excluding carboxylic acids is 2. The maximum atomic E-state index is 13.3. The monoisotopic (exact) mass is 601 g/mol. The fourth-order valence-electron chi connectivity index (χ4n) is 4.98. The van der Waals surface area contributed by atoms with Gasteiger partial charge >= 0.3 is 6.09 Å². The lowest BCUT2D eigenvalue weighted by molar-refractivity contribution is -0.111. The minimum atomic E-state index is -0.882. The molecule has 0 spiro atoms. The molecule has 5 N–H and O–H groups in total. The van der Waals surface area contributed by atoms with Crippen LogP contribution in [-0.4, -0.2) is 23.2 Å². The molecule has 0 aliphatic heterocycles. The zero-order chi connectivity index (χ0) is 31.6. The van der Waals surface area contributed by atoms with E-state index in [1.807, 2.05) is 73.7 Å². The number of phenolic OH excluding ortho intramolecular Hbond substituents is 1. The molecule has 2 atom stereocenters. The second-order valence-electron chi connectivity index (χ2n) is 10.6. The number of amides is 2. The Morgan fingerprint density at radius 2 is 1.51 bits per heavy atom. The van der Waals surface area contributed by atoms with Gasteiger partial charge in [0.2, 0.25) is 5.91 Å². The standard InChI is InChI=1S/C37H35N3O5/c1-25-19-21-26(22-20-25)39-37(43)45-36(30-23-24-33(41)29-14-6-5-13-28(29)30)34(44-27-11-3-2-4-12-27)17-9-10-18-35(42)40-32-16-8-7-15-31(32)38/h2-8,10-16,18-24,34,36,41H,9,17,38H2,1H3,(H,39,43)(H,40,42)/b18-10+/t34-,36-/m1/s1. The van der Waals surface area contributed by atoms with E-state index in [4.69, 9.17) is 15.2 Å². The van der Waals surface area contributed by atoms with Gasteiger partial charge in [-0.3, -0.25) is 10.1 Å². The van der Waals surface area contributed by atoms with E-state index in [0.29, 0.717) is 46.6 Å². The van der Waals surface area contributed by atoms with Crippen LogP contribution in [0.4, 0.5) is 21.9 Å². The normalized spacial score (nSPS) is 12.4. The number of nitrogen functional groups attached to an aromatic ring is 1. The highest BCUT2D eigenvalue weighted by Crippen LogP contribution is 2.36. The average Bonchev–Trinajstić information content (AvgIpc) is 3.05. The van der Waals surface area contributed by atoms with E-state index in [1.54, 1.807) is 54.6 Å². The number of fused-ring (bicyclic) bond motifs is 1. The summed E-state index contributed by atoms with van der Waals surface area (Å²) in [6, 6.07) is 34.4. The second-order valence-corrected chi connectivity index (χ2v) is 10.6. The van der Waals surface area contributed by atoms with Gasteiger partial charge in [-0.05, 0) is 73.7 Å². The van der Waals surface area contributed by atoms with Gasteiger partial charge in [0.15, 0.2) is 6.10 Å². The average molecular weight is 602 g/mol. The first-order chi connectivity index (χ1) is 21.9. The number of allylic oxidation sites excluding steroid dienone is 1. The van der Waals surface area contributed by atoms with E-state index < -0.39 is 18.3 Å². The number of nitrogens with one attached hydrogen (secondary N) is 2. The van der Waals surface area contributed by atoms with E-state index in [9.17, 15) is 14.7 Å². The molecule has 228 valence electrons. The maximum Gasteiger partial charge on any atom is 0.412 e. The van der Waals surface area contributed by atoms with Crippen molar-refractivity contribution in [1.29, 1.82) is 0 Å². The number of rotatable bonds is 11. The highest BCUT2D eigenvalue weighted by atomic mass is 16.6. The van der Waals surface area contributed by atoms with Crippen LogP contribution in [0.1, 0.15) is 30.1 Å². The molecule has 5 aromatic rings. The topological polar surface area (TPSA) is 123 Å². The predicted molar refractivity (Wildman–Crippen MR) is 178 cm³/mol. The number of ether oxygens (including phenoxy) is 2. The Balaban J connectivity index is 1.43. The number of para-hydroxylation sites is 3. The summed E-state index contributed by atoms with van der Waals surface area (Å²) in [5.74, 6) is 0.397. The number of phenols is 1. The van der Waals surface area contributed by atoms with Crippen molar-refractivity contribution in [3.8, 4) is 11.5 Å². The summed E-state index contributed by atoms with van der Waals surface area (Å²) in [4.78, 5) is 25.9. The van der Waals surface area contributed by atoms with Crippen LogP contribution in [0.25, 0.3) is 10.8 Å². The van der Waals surface area contributed by atoms with Crippen molar-refractivity contribution in [3.63, 3.8) is 0 Å². The first kappa shape index (κ1) is 30.7. The molecule has 0 saturated heterocycles. The Kier molecular flexibility index (Phi) is 9.97. The number of carbonyl (C=O) groups is 2. The number of aromatic hydroxyl groups is 1. The number of nitrogens with two attached hydrogens (primary N) is 1. The molecular formula is C37H35N3O5. The molecule has 45 heavy (non-hydrogen) atoms. The van der Waals surface area contributed by atoms with Crippen LogP contribution < -0.4 is 21.1 Å². The van der Waals surface area contributed by atoms with Crippen molar-refractivity contribution < 1.29 is 24.2 Å². The SMILES string of the molecule is Cc1ccc(NC(=O)O[C@H](c2ccc(O)c3ccccc23)[C@@H](CC/C=C/C(=O)Nc2ccccc2N)Oc2ccccc2)cc1. The van der Waals surface area contributed by atoms with Crippen molar-refractivity contribution >= 4 is 39.8 Å². The first-order valence-corrected chi connectivity index (χ1v) is 14.7. The number of anilines is 3. The Labute approximate surface area is 262 Å². The summed E-state index contributed by atoms with van der Waals surface area (Å²) < 4.78 is 12.6. The van der Waals surface area contributed by atoms with Crippen LogP contribution >= 0.6 is 0 Å². The van der Waals surface area contributed by atoms with Crippen molar-refractivity contribution in [1.82, 2.24) is 0 Å². The van der Waals surface area contributed by atoms with Crippen molar-refractivity contribution in [2.45, 2.75) is 32.0 Å². The molecule has 8 nitrogen and oxygen atoms in total. The molecule has 8 heteroatoms. The summed E-state index contributed by atoms with van der Waals surface area (Å²) in [5, 5.41) is 17.5. The first-order valence-electron chi connectivity index (χ1n) is 14.7. The van der Waals surface area contributed by atoms with Gasteiger partial charge in [-0.15, -0.1) is 0 Å². The molecular weight excluding hydrogens is 566 g/mol. The summed E-state index contributed by atoms with van der Waals surface area (Å²) in [6.45, 7) is 1.97. The van der Waals surface area contributed by atoms with E-state index in [-0.39, 0.29) is 11.7 Å². The second kappa shape index (κ2) is 14.6. The van der Waals surface area contributed by atoms with Gasteiger partial charge in [0.05, 0.1) is 11.4 Å². The van der Waals surface area contributed by atoms with Gasteiger partial charge in [-0.1, -0.05) is 84.4 Å². The minimum Gasteiger partial charge on any atom is -0.507 e. The van der Waals surface area contributed by atoms with Crippen molar-refractivity contribution in [2.24, 2.45) is 0 Å². The van der Waals surface area contributed by atoms with Crippen LogP contribution in [0, 0.1) is 6.92 Å². The molecule has 0 aromatic heterocycles. The molecule has 0 fully saturated rings. The molecule has 0 radical (unpaired) electrons. The molecule has 0 aliphatic rings. The lowest BCUT2D eigenvalue weighted by atomic mass is 9.94. The summed E-state index contributed by atoms with van der Waals surface area (Å²) in [6.07, 6.45) is 1.82. The lowest BCUT2D eigenvalue weighted by Gasteiger charge is -2.29. The molecule has 0 bridgehead atoms.